The van der Waals surface area contributed by atoms with Gasteiger partial charge in [-0.15, -0.1) is 5.69 Å². The third kappa shape index (κ3) is 7.85. The second-order valence-electron chi connectivity index (χ2n) is 14.0. The zero-order chi connectivity index (χ0) is 36.2. The first-order chi connectivity index (χ1) is 25.2. The van der Waals surface area contributed by atoms with Crippen molar-refractivity contribution in [2.75, 3.05) is 13.7 Å². The van der Waals surface area contributed by atoms with Crippen molar-refractivity contribution in [1.29, 1.82) is 0 Å². The fourth-order valence-electron chi connectivity index (χ4n) is 7.77. The second-order valence-corrected chi connectivity index (χ2v) is 14.0. The maximum Gasteiger partial charge on any atom is 0.161 e. The summed E-state index contributed by atoms with van der Waals surface area (Å²) < 4.78 is 5.51. The number of hydrogen-bond acceptors (Lipinski definition) is 6. The van der Waals surface area contributed by atoms with Crippen molar-refractivity contribution in [2.45, 2.75) is 63.4 Å². The maximum absolute atomic E-state index is 14.4. The third-order valence-electron chi connectivity index (χ3n) is 10.3. The Morgan fingerprint density at radius 2 is 1.71 bits per heavy atom. The van der Waals surface area contributed by atoms with E-state index >= 15 is 0 Å². The first kappa shape index (κ1) is 34.9. The number of ether oxygens (including phenoxy) is 1. The highest BCUT2D eigenvalue weighted by atomic mass is 16.5. The summed E-state index contributed by atoms with van der Waals surface area (Å²) >= 11 is 0. The van der Waals surface area contributed by atoms with E-state index in [2.05, 4.69) is 22.1 Å². The molecule has 7 rings (SSSR count). The standard InChI is InChI=1S/C43H43N3O6/c1-52-40-21-29-9-11-35(49)24-39(50)41-32(22-38-36(13-15-44-38)37(41)23-34(48)10-8-26-4-3-7-33(47)20-26)25-46-43-30(12-14-45-43)17-27-5-2-6-28(16-27)18-31(19-29)42(40)51/h2-7,12-16,19-22,34,37,41,45,47-48,51H,8-11,17-18,23-25H2,1H3/q-2/t34-,37-,41-/m1/s1. The van der Waals surface area contributed by atoms with Gasteiger partial charge in [-0.3, -0.25) is 9.59 Å². The van der Waals surface area contributed by atoms with E-state index in [1.54, 1.807) is 30.5 Å². The fourth-order valence-corrected chi connectivity index (χ4v) is 7.77. The maximum atomic E-state index is 14.4. The van der Waals surface area contributed by atoms with Gasteiger partial charge in [-0.25, -0.2) is 0 Å². The summed E-state index contributed by atoms with van der Waals surface area (Å²) in [6, 6.07) is 22.8. The third-order valence-corrected chi connectivity index (χ3v) is 10.3. The van der Waals surface area contributed by atoms with Crippen LogP contribution in [0.5, 0.6) is 17.2 Å². The number of ketones is 2. The summed E-state index contributed by atoms with van der Waals surface area (Å²) in [5.74, 6) is -0.131. The number of hydrogen-bond donors (Lipinski definition) is 4. The number of fused-ring (bicyclic) bond motifs is 7. The SMILES string of the molecule is COc1cc2cc(c1O)Cc1cccc(c1)Cc1cc[nH]c1[N-]CC1=Cc3[n-]ccc3[C@@H](C[C@H](O)CCc3cccc(O)c3)[C@@H]1C(=O)CC(=O)CC2. The molecule has 3 atom stereocenters. The molecule has 2 aliphatic rings. The minimum Gasteiger partial charge on any atom is -0.664 e. The van der Waals surface area contributed by atoms with Crippen molar-refractivity contribution in [2.24, 2.45) is 5.92 Å². The van der Waals surface area contributed by atoms with Crippen LogP contribution >= 0.6 is 0 Å². The van der Waals surface area contributed by atoms with Gasteiger partial charge < -0.3 is 35.3 Å². The van der Waals surface area contributed by atoms with Gasteiger partial charge in [0, 0.05) is 24.3 Å². The normalized spacial score (nSPS) is 18.4. The van der Waals surface area contributed by atoms with Gasteiger partial charge >= 0.3 is 0 Å². The number of carbonyl (C=O) groups is 2. The molecule has 0 unspecified atom stereocenters. The molecule has 0 saturated carbocycles. The van der Waals surface area contributed by atoms with Crippen molar-refractivity contribution in [3.05, 3.63) is 141 Å². The highest BCUT2D eigenvalue weighted by Gasteiger charge is 2.36. The Balaban J connectivity index is 1.21. The van der Waals surface area contributed by atoms with Gasteiger partial charge in [-0.05, 0) is 90.6 Å². The number of aliphatic hydroxyl groups excluding tert-OH is 1. The number of phenolic OH excluding ortho intramolecular Hbond substituents is 2. The van der Waals surface area contributed by atoms with Crippen molar-refractivity contribution >= 4 is 23.5 Å². The van der Waals surface area contributed by atoms with E-state index in [9.17, 15) is 24.9 Å². The van der Waals surface area contributed by atoms with E-state index in [0.717, 1.165) is 44.6 Å². The molecule has 0 spiro atoms. The summed E-state index contributed by atoms with van der Waals surface area (Å²) in [6.07, 6.45) is 7.49. The summed E-state index contributed by atoms with van der Waals surface area (Å²) in [6.45, 7) is 0.227. The monoisotopic (exact) mass is 697 g/mol. The molecule has 0 amide bonds. The molecule has 4 N–H and O–H groups in total. The molecule has 0 saturated heterocycles. The number of aromatic nitrogens is 2. The first-order valence-electron chi connectivity index (χ1n) is 17.9. The zero-order valence-electron chi connectivity index (χ0n) is 29.2. The van der Waals surface area contributed by atoms with E-state index in [1.807, 2.05) is 48.7 Å². The van der Waals surface area contributed by atoms with Gasteiger partial charge in [0.1, 0.15) is 17.3 Å². The highest BCUT2D eigenvalue weighted by Crippen LogP contribution is 2.44. The molecular weight excluding hydrogens is 654 g/mol. The minimum absolute atomic E-state index is 0.0731. The summed E-state index contributed by atoms with van der Waals surface area (Å²) in [4.78, 5) is 35.8. The number of nitrogens with zero attached hydrogens (tertiary/aromatic N) is 2. The number of phenols is 2. The van der Waals surface area contributed by atoms with Crippen LogP contribution in [0, 0.1) is 5.92 Å². The predicted octanol–water partition coefficient (Wildman–Crippen LogP) is 7.23. The Hall–Kier alpha value is -5.54. The van der Waals surface area contributed by atoms with Gasteiger partial charge in [0.2, 0.25) is 0 Å². The minimum atomic E-state index is -0.740. The predicted molar refractivity (Wildman–Crippen MR) is 199 cm³/mol. The average molecular weight is 698 g/mol. The fraction of sp³-hybridized carbons (Fsp3) is 0.302. The molecule has 2 aromatic heterocycles. The number of methoxy groups -OCH3 is 1. The number of carbonyl (C=O) groups excluding carboxylic acids is 2. The van der Waals surface area contributed by atoms with Crippen molar-refractivity contribution < 1.29 is 29.6 Å². The van der Waals surface area contributed by atoms with E-state index in [4.69, 9.17) is 10.1 Å². The lowest BCUT2D eigenvalue weighted by Crippen LogP contribution is -2.32. The molecule has 3 heterocycles. The summed E-state index contributed by atoms with van der Waals surface area (Å²) in [7, 11) is 1.51. The molecule has 5 aromatic rings. The van der Waals surface area contributed by atoms with Crippen molar-refractivity contribution in [3.8, 4) is 17.2 Å². The number of Topliss-reactive ketones (excluding diaryl/α,β-unsaturated/α-hetero) is 2. The molecule has 9 nitrogen and oxygen atoms in total. The topological polar surface area (TPSA) is 148 Å². The van der Waals surface area contributed by atoms with Crippen LogP contribution in [-0.2, 0) is 35.3 Å². The number of benzene rings is 3. The van der Waals surface area contributed by atoms with Crippen LogP contribution in [-0.4, -0.2) is 51.6 Å². The Labute approximate surface area is 303 Å². The quantitative estimate of drug-likeness (QED) is 0.137. The molecule has 268 valence electrons. The number of aromatic hydroxyl groups is 2. The molecule has 3 aromatic carbocycles. The number of aryl methyl sites for hydroxylation is 2. The molecule has 1 aliphatic heterocycles. The van der Waals surface area contributed by atoms with Gasteiger partial charge in [0.15, 0.2) is 11.5 Å². The first-order valence-corrected chi connectivity index (χ1v) is 17.9. The average Bonchev–Trinajstić information content (AvgIpc) is 3.79. The highest BCUT2D eigenvalue weighted by molar-refractivity contribution is 6.02. The molecular formula is C43H43N3O6-2. The lowest BCUT2D eigenvalue weighted by molar-refractivity contribution is -0.129. The second kappa shape index (κ2) is 15.4. The van der Waals surface area contributed by atoms with Gasteiger partial charge in [-0.1, -0.05) is 83.8 Å². The van der Waals surface area contributed by atoms with Crippen LogP contribution in [0.25, 0.3) is 11.4 Å². The Morgan fingerprint density at radius 1 is 0.904 bits per heavy atom. The van der Waals surface area contributed by atoms with Gasteiger partial charge in [0.05, 0.1) is 19.6 Å². The van der Waals surface area contributed by atoms with Crippen molar-refractivity contribution in [3.63, 3.8) is 0 Å². The van der Waals surface area contributed by atoms with Gasteiger partial charge in [0.25, 0.3) is 0 Å². The van der Waals surface area contributed by atoms with E-state index in [-0.39, 0.29) is 42.5 Å². The largest absolute Gasteiger partial charge is 0.664 e. The van der Waals surface area contributed by atoms with Crippen LogP contribution in [0.15, 0.2) is 90.8 Å². The number of H-pyrrole nitrogens is 1. The van der Waals surface area contributed by atoms with Crippen LogP contribution in [0.4, 0.5) is 5.82 Å². The Kier molecular flexibility index (Phi) is 10.3. The number of aromatic amines is 1. The Morgan fingerprint density at radius 3 is 2.52 bits per heavy atom. The molecule has 1 aliphatic carbocycles. The number of rotatable bonds is 6. The summed E-state index contributed by atoms with van der Waals surface area (Å²) in [5, 5.41) is 37.3. The molecule has 52 heavy (non-hydrogen) atoms. The zero-order valence-corrected chi connectivity index (χ0v) is 29.2. The molecule has 0 fully saturated rings. The lowest BCUT2D eigenvalue weighted by Gasteiger charge is -2.37. The van der Waals surface area contributed by atoms with E-state index < -0.39 is 17.9 Å². The smallest absolute Gasteiger partial charge is 0.161 e. The molecule has 0 radical (unpaired) electrons. The van der Waals surface area contributed by atoms with Crippen LogP contribution < -0.4 is 9.72 Å². The summed E-state index contributed by atoms with van der Waals surface area (Å²) in [5.41, 5.74) is 7.99. The van der Waals surface area contributed by atoms with Crippen LogP contribution in [0.1, 0.15) is 76.2 Å². The van der Waals surface area contributed by atoms with Gasteiger partial charge in [-0.2, -0.15) is 6.20 Å². The Bertz CT molecular complexity index is 2110. The number of nitrogens with one attached hydrogen (secondary N) is 1. The lowest BCUT2D eigenvalue weighted by atomic mass is 9.71. The van der Waals surface area contributed by atoms with Crippen LogP contribution in [0.3, 0.4) is 0 Å². The number of aliphatic hydroxyl groups is 1. The van der Waals surface area contributed by atoms with E-state index in [1.165, 1.54) is 7.11 Å². The van der Waals surface area contributed by atoms with Crippen LogP contribution in [0.2, 0.25) is 0 Å². The molecule has 9 heteroatoms. The van der Waals surface area contributed by atoms with E-state index in [0.29, 0.717) is 55.7 Å². The molecule has 4 bridgehead atoms. The van der Waals surface area contributed by atoms with Crippen molar-refractivity contribution in [1.82, 2.24) is 9.97 Å².